The van der Waals surface area contributed by atoms with Crippen molar-refractivity contribution in [3.05, 3.63) is 29.3 Å². The number of esters is 1. The lowest BCUT2D eigenvalue weighted by Crippen LogP contribution is -2.28. The third kappa shape index (κ3) is 3.94. The van der Waals surface area contributed by atoms with E-state index >= 15 is 0 Å². The number of fused-ring (bicyclic) bond motifs is 1. The Morgan fingerprint density at radius 2 is 2.42 bits per heavy atom. The van der Waals surface area contributed by atoms with Gasteiger partial charge in [0.05, 0.1) is 26.2 Å². The van der Waals surface area contributed by atoms with E-state index in [4.69, 9.17) is 4.74 Å². The molecule has 0 fully saturated rings. The molecule has 1 unspecified atom stereocenters. The average molecular weight is 265 g/mol. The number of aliphatic hydroxyl groups is 1. The first kappa shape index (κ1) is 13.8. The fraction of sp³-hybridized carbons (Fsp3) is 0.500. The van der Waals surface area contributed by atoms with Gasteiger partial charge in [0.15, 0.2) is 0 Å². The van der Waals surface area contributed by atoms with Crippen LogP contribution in [0.2, 0.25) is 0 Å². The normalized spacial score (nSPS) is 14.6. The number of rotatable bonds is 6. The van der Waals surface area contributed by atoms with Crippen LogP contribution in [-0.2, 0) is 22.5 Å². The van der Waals surface area contributed by atoms with Crippen molar-refractivity contribution in [3.63, 3.8) is 0 Å². The minimum absolute atomic E-state index is 0.0154. The van der Waals surface area contributed by atoms with Crippen LogP contribution in [0.15, 0.2) is 18.2 Å². The summed E-state index contributed by atoms with van der Waals surface area (Å²) in [5.41, 5.74) is 2.38. The maximum atomic E-state index is 11.0. The van der Waals surface area contributed by atoms with Crippen LogP contribution in [0.4, 0.5) is 0 Å². The molecular weight excluding hydrogens is 246 g/mol. The van der Waals surface area contributed by atoms with E-state index in [0.29, 0.717) is 13.1 Å². The second-order valence-electron chi connectivity index (χ2n) is 4.61. The number of carbonyl (C=O) groups is 1. The molecule has 1 atom stereocenters. The Bertz CT molecular complexity index is 447. The fourth-order valence-corrected chi connectivity index (χ4v) is 2.08. The molecule has 1 heterocycles. The van der Waals surface area contributed by atoms with E-state index in [1.807, 2.05) is 12.1 Å². The highest BCUT2D eigenvalue weighted by Gasteiger charge is 2.13. The molecule has 1 aromatic carbocycles. The maximum Gasteiger partial charge on any atom is 0.308 e. The summed E-state index contributed by atoms with van der Waals surface area (Å²) >= 11 is 0. The van der Waals surface area contributed by atoms with E-state index in [2.05, 4.69) is 16.1 Å². The van der Waals surface area contributed by atoms with Crippen molar-refractivity contribution in [2.24, 2.45) is 0 Å². The van der Waals surface area contributed by atoms with Gasteiger partial charge >= 0.3 is 5.97 Å². The second kappa shape index (κ2) is 6.54. The van der Waals surface area contributed by atoms with Crippen molar-refractivity contribution in [1.82, 2.24) is 5.32 Å². The quantitative estimate of drug-likeness (QED) is 0.739. The van der Waals surface area contributed by atoms with E-state index in [9.17, 15) is 9.90 Å². The molecule has 0 aromatic heterocycles. The minimum atomic E-state index is -0.717. The molecule has 0 bridgehead atoms. The number of hydrogen-bond donors (Lipinski definition) is 2. The molecule has 0 saturated heterocycles. The summed E-state index contributed by atoms with van der Waals surface area (Å²) in [4.78, 5) is 11.0. The molecule has 0 aliphatic carbocycles. The van der Waals surface area contributed by atoms with Gasteiger partial charge in [-0.2, -0.15) is 0 Å². The van der Waals surface area contributed by atoms with Crippen LogP contribution in [0.5, 0.6) is 5.75 Å². The second-order valence-corrected chi connectivity index (χ2v) is 4.61. The van der Waals surface area contributed by atoms with Crippen LogP contribution in [-0.4, -0.2) is 37.4 Å². The SMILES string of the molecule is COC(=O)CC(O)CNCc1ccc2c(c1)CCO2. The lowest BCUT2D eigenvalue weighted by Gasteiger charge is -2.11. The van der Waals surface area contributed by atoms with Gasteiger partial charge in [0, 0.05) is 19.5 Å². The Labute approximate surface area is 112 Å². The van der Waals surface area contributed by atoms with Gasteiger partial charge in [-0.3, -0.25) is 4.79 Å². The van der Waals surface area contributed by atoms with Crippen molar-refractivity contribution >= 4 is 5.97 Å². The highest BCUT2D eigenvalue weighted by molar-refractivity contribution is 5.69. The smallest absolute Gasteiger partial charge is 0.308 e. The number of ether oxygens (including phenoxy) is 2. The highest BCUT2D eigenvalue weighted by atomic mass is 16.5. The first-order valence-electron chi connectivity index (χ1n) is 6.39. The van der Waals surface area contributed by atoms with Crippen LogP contribution < -0.4 is 10.1 Å². The molecule has 19 heavy (non-hydrogen) atoms. The van der Waals surface area contributed by atoms with Gasteiger partial charge in [-0.15, -0.1) is 0 Å². The average Bonchev–Trinajstić information content (AvgIpc) is 2.86. The first-order valence-corrected chi connectivity index (χ1v) is 6.39. The van der Waals surface area contributed by atoms with E-state index in [0.717, 1.165) is 24.3 Å². The molecule has 0 spiro atoms. The van der Waals surface area contributed by atoms with E-state index in [-0.39, 0.29) is 6.42 Å². The summed E-state index contributed by atoms with van der Waals surface area (Å²) < 4.78 is 9.94. The standard InChI is InChI=1S/C14H19NO4/c1-18-14(17)7-12(16)9-15-8-10-2-3-13-11(6-10)4-5-19-13/h2-3,6,12,15-16H,4-5,7-9H2,1H3. The summed E-state index contributed by atoms with van der Waals surface area (Å²) in [6.45, 7) is 1.78. The lowest BCUT2D eigenvalue weighted by atomic mass is 10.1. The predicted molar refractivity (Wildman–Crippen MR) is 70.0 cm³/mol. The molecule has 1 aliphatic heterocycles. The number of aliphatic hydroxyl groups excluding tert-OH is 1. The van der Waals surface area contributed by atoms with Crippen LogP contribution in [0, 0.1) is 0 Å². The molecule has 1 aromatic rings. The summed E-state index contributed by atoms with van der Waals surface area (Å²) in [5, 5.41) is 12.7. The molecule has 2 rings (SSSR count). The van der Waals surface area contributed by atoms with Crippen molar-refractivity contribution in [2.75, 3.05) is 20.3 Å². The molecule has 2 N–H and O–H groups in total. The van der Waals surface area contributed by atoms with Crippen LogP contribution >= 0.6 is 0 Å². The Morgan fingerprint density at radius 3 is 3.21 bits per heavy atom. The molecule has 0 amide bonds. The summed E-state index contributed by atoms with van der Waals surface area (Å²) in [7, 11) is 1.31. The Morgan fingerprint density at radius 1 is 1.58 bits per heavy atom. The third-order valence-electron chi connectivity index (χ3n) is 3.09. The zero-order chi connectivity index (χ0) is 13.7. The molecule has 0 saturated carbocycles. The summed E-state index contributed by atoms with van der Waals surface area (Å²) in [5.74, 6) is 0.568. The topological polar surface area (TPSA) is 67.8 Å². The monoisotopic (exact) mass is 265 g/mol. The number of carbonyl (C=O) groups excluding carboxylic acids is 1. The number of nitrogens with one attached hydrogen (secondary N) is 1. The summed E-state index contributed by atoms with van der Waals surface area (Å²) in [6.07, 6.45) is 0.251. The molecule has 1 aliphatic rings. The van der Waals surface area contributed by atoms with Gasteiger partial charge in [-0.05, 0) is 17.2 Å². The van der Waals surface area contributed by atoms with Gasteiger partial charge in [0.1, 0.15) is 5.75 Å². The largest absolute Gasteiger partial charge is 0.493 e. The van der Waals surface area contributed by atoms with Crippen molar-refractivity contribution < 1.29 is 19.4 Å². The molecule has 104 valence electrons. The predicted octanol–water partition coefficient (Wildman–Crippen LogP) is 0.635. The Balaban J connectivity index is 1.75. The maximum absolute atomic E-state index is 11.0. The highest BCUT2D eigenvalue weighted by Crippen LogP contribution is 2.25. The number of hydrogen-bond acceptors (Lipinski definition) is 5. The van der Waals surface area contributed by atoms with Crippen molar-refractivity contribution in [3.8, 4) is 5.75 Å². The Kier molecular flexibility index (Phi) is 4.76. The molecule has 0 radical (unpaired) electrons. The van der Waals surface area contributed by atoms with E-state index in [1.165, 1.54) is 12.7 Å². The lowest BCUT2D eigenvalue weighted by molar-refractivity contribution is -0.142. The van der Waals surface area contributed by atoms with Gasteiger partial charge in [0.2, 0.25) is 0 Å². The van der Waals surface area contributed by atoms with Gasteiger partial charge in [-0.1, -0.05) is 12.1 Å². The van der Waals surface area contributed by atoms with Crippen LogP contribution in [0.1, 0.15) is 17.5 Å². The molecule has 5 heteroatoms. The van der Waals surface area contributed by atoms with Crippen LogP contribution in [0.25, 0.3) is 0 Å². The van der Waals surface area contributed by atoms with Crippen molar-refractivity contribution in [2.45, 2.75) is 25.5 Å². The Hall–Kier alpha value is -1.59. The first-order chi connectivity index (χ1) is 9.19. The number of methoxy groups -OCH3 is 1. The fourth-order valence-electron chi connectivity index (χ4n) is 2.08. The van der Waals surface area contributed by atoms with Gasteiger partial charge in [-0.25, -0.2) is 0 Å². The van der Waals surface area contributed by atoms with Crippen LogP contribution in [0.3, 0.4) is 0 Å². The third-order valence-corrected chi connectivity index (χ3v) is 3.09. The zero-order valence-electron chi connectivity index (χ0n) is 11.0. The van der Waals surface area contributed by atoms with Gasteiger partial charge < -0.3 is 19.9 Å². The summed E-state index contributed by atoms with van der Waals surface area (Å²) in [6, 6.07) is 6.09. The number of benzene rings is 1. The zero-order valence-corrected chi connectivity index (χ0v) is 11.0. The van der Waals surface area contributed by atoms with Crippen molar-refractivity contribution in [1.29, 1.82) is 0 Å². The molecule has 5 nitrogen and oxygen atoms in total. The molecular formula is C14H19NO4. The minimum Gasteiger partial charge on any atom is -0.493 e. The van der Waals surface area contributed by atoms with E-state index in [1.54, 1.807) is 0 Å². The van der Waals surface area contributed by atoms with E-state index < -0.39 is 12.1 Å². The van der Waals surface area contributed by atoms with Gasteiger partial charge in [0.25, 0.3) is 0 Å².